The van der Waals surface area contributed by atoms with Crippen LogP contribution in [0.5, 0.6) is 0 Å². The normalized spacial score (nSPS) is 21.2. The van der Waals surface area contributed by atoms with Crippen LogP contribution >= 0.6 is 0 Å². The Hall–Kier alpha value is -1.17. The van der Waals surface area contributed by atoms with E-state index < -0.39 is 23.7 Å². The molecule has 1 fully saturated rings. The van der Waals surface area contributed by atoms with Crippen molar-refractivity contribution >= 4 is 0 Å². The molecule has 1 unspecified atom stereocenters. The van der Waals surface area contributed by atoms with E-state index >= 15 is 0 Å². The number of hydrogen-bond acceptors (Lipinski definition) is 1. The van der Waals surface area contributed by atoms with E-state index in [-0.39, 0.29) is 37.2 Å². The molecule has 1 atom stereocenters. The number of alkyl halides is 5. The Morgan fingerprint density at radius 1 is 1.14 bits per heavy atom. The topological polar surface area (TPSA) is 12.0 Å². The highest BCUT2D eigenvalue weighted by Gasteiger charge is 2.40. The third-order valence-electron chi connectivity index (χ3n) is 4.15. The van der Waals surface area contributed by atoms with Gasteiger partial charge in [0.2, 0.25) is 5.92 Å². The maximum Gasteiger partial charge on any atom is 0.416 e. The van der Waals surface area contributed by atoms with Crippen LogP contribution in [0.4, 0.5) is 22.0 Å². The molecule has 0 aliphatic heterocycles. The van der Waals surface area contributed by atoms with Gasteiger partial charge in [-0.1, -0.05) is 18.2 Å². The summed E-state index contributed by atoms with van der Waals surface area (Å²) in [4.78, 5) is 0. The lowest BCUT2D eigenvalue weighted by atomic mass is 9.78. The summed E-state index contributed by atoms with van der Waals surface area (Å²) in [5.41, 5.74) is -0.551. The van der Waals surface area contributed by atoms with E-state index in [9.17, 15) is 22.0 Å². The number of halogens is 5. The molecule has 1 aliphatic rings. The van der Waals surface area contributed by atoms with Gasteiger partial charge in [0.15, 0.2) is 0 Å². The van der Waals surface area contributed by atoms with Crippen LogP contribution in [0.15, 0.2) is 24.3 Å². The Bertz CT molecular complexity index is 473. The minimum atomic E-state index is -4.44. The third-order valence-corrected chi connectivity index (χ3v) is 4.15. The zero-order valence-corrected chi connectivity index (χ0v) is 11.7. The molecule has 0 amide bonds. The first-order chi connectivity index (χ1) is 9.74. The van der Waals surface area contributed by atoms with Gasteiger partial charge in [-0.05, 0) is 37.4 Å². The van der Waals surface area contributed by atoms with E-state index in [1.54, 1.807) is 13.1 Å². The maximum absolute atomic E-state index is 13.2. The zero-order chi connectivity index (χ0) is 15.7. The molecular weight excluding hydrogens is 289 g/mol. The molecule has 21 heavy (non-hydrogen) atoms. The molecule has 1 aliphatic carbocycles. The van der Waals surface area contributed by atoms with Gasteiger partial charge in [0.05, 0.1) is 5.56 Å². The molecule has 6 heteroatoms. The predicted octanol–water partition coefficient (Wildman–Crippen LogP) is 4.79. The number of benzene rings is 1. The van der Waals surface area contributed by atoms with Crippen molar-refractivity contribution in [2.24, 2.45) is 5.92 Å². The summed E-state index contributed by atoms with van der Waals surface area (Å²) in [6.45, 7) is 0. The quantitative estimate of drug-likeness (QED) is 0.792. The minimum absolute atomic E-state index is 0.141. The summed E-state index contributed by atoms with van der Waals surface area (Å²) in [5, 5.41) is 2.88. The van der Waals surface area contributed by atoms with E-state index in [4.69, 9.17) is 0 Å². The summed E-state index contributed by atoms with van der Waals surface area (Å²) >= 11 is 0. The monoisotopic (exact) mass is 307 g/mol. The Balaban J connectivity index is 2.27. The van der Waals surface area contributed by atoms with Crippen molar-refractivity contribution in [3.05, 3.63) is 35.4 Å². The smallest absolute Gasteiger partial charge is 0.313 e. The lowest BCUT2D eigenvalue weighted by Crippen LogP contribution is -2.33. The van der Waals surface area contributed by atoms with Crippen LogP contribution in [0.25, 0.3) is 0 Å². The molecule has 0 saturated heterocycles. The fourth-order valence-corrected chi connectivity index (χ4v) is 3.07. The van der Waals surface area contributed by atoms with Gasteiger partial charge in [-0.2, -0.15) is 13.2 Å². The van der Waals surface area contributed by atoms with Gasteiger partial charge < -0.3 is 5.32 Å². The Labute approximate surface area is 120 Å². The van der Waals surface area contributed by atoms with Gasteiger partial charge in [0.25, 0.3) is 0 Å². The highest BCUT2D eigenvalue weighted by atomic mass is 19.4. The van der Waals surface area contributed by atoms with Crippen LogP contribution in [-0.2, 0) is 6.18 Å². The maximum atomic E-state index is 13.2. The highest BCUT2D eigenvalue weighted by Crippen LogP contribution is 2.43. The van der Waals surface area contributed by atoms with Gasteiger partial charge in [0, 0.05) is 18.9 Å². The average Bonchev–Trinajstić information content (AvgIpc) is 2.41. The van der Waals surface area contributed by atoms with E-state index in [2.05, 4.69) is 5.32 Å². The van der Waals surface area contributed by atoms with Gasteiger partial charge in [-0.25, -0.2) is 8.78 Å². The highest BCUT2D eigenvalue weighted by molar-refractivity contribution is 5.33. The number of nitrogens with one attached hydrogen (secondary N) is 1. The van der Waals surface area contributed by atoms with Crippen molar-refractivity contribution in [3.63, 3.8) is 0 Å². The fourth-order valence-electron chi connectivity index (χ4n) is 3.07. The summed E-state index contributed by atoms with van der Waals surface area (Å²) in [7, 11) is 1.57. The molecule has 0 heterocycles. The van der Waals surface area contributed by atoms with Crippen LogP contribution in [0.3, 0.4) is 0 Å². The second-order valence-corrected chi connectivity index (χ2v) is 5.54. The molecule has 0 radical (unpaired) electrons. The predicted molar refractivity (Wildman–Crippen MR) is 70.1 cm³/mol. The molecule has 118 valence electrons. The third kappa shape index (κ3) is 3.73. The largest absolute Gasteiger partial charge is 0.416 e. The molecule has 0 aromatic heterocycles. The molecule has 1 saturated carbocycles. The van der Waals surface area contributed by atoms with E-state index in [0.29, 0.717) is 0 Å². The minimum Gasteiger partial charge on any atom is -0.313 e. The lowest BCUT2D eigenvalue weighted by Gasteiger charge is -2.34. The number of rotatable bonds is 3. The number of hydrogen-bond donors (Lipinski definition) is 1. The lowest BCUT2D eigenvalue weighted by molar-refractivity contribution is -0.138. The zero-order valence-electron chi connectivity index (χ0n) is 11.7. The summed E-state index contributed by atoms with van der Waals surface area (Å²) < 4.78 is 65.7. The first-order valence-corrected chi connectivity index (χ1v) is 6.96. The van der Waals surface area contributed by atoms with Crippen molar-refractivity contribution in [2.75, 3.05) is 7.05 Å². The second kappa shape index (κ2) is 5.91. The SMILES string of the molecule is CNC(c1ccccc1C(F)(F)F)C1CCC(F)(F)CC1. The van der Waals surface area contributed by atoms with Crippen LogP contribution in [-0.4, -0.2) is 13.0 Å². The first kappa shape index (κ1) is 16.2. The molecule has 0 bridgehead atoms. The summed E-state index contributed by atoms with van der Waals surface area (Å²) in [6.07, 6.45) is -4.51. The van der Waals surface area contributed by atoms with Gasteiger partial charge in [-0.15, -0.1) is 0 Å². The fraction of sp³-hybridized carbons (Fsp3) is 0.600. The molecule has 0 spiro atoms. The Morgan fingerprint density at radius 3 is 2.24 bits per heavy atom. The van der Waals surface area contributed by atoms with E-state index in [1.807, 2.05) is 0 Å². The molecule has 2 rings (SSSR count). The standard InChI is InChI=1S/C15H18F5N/c1-21-13(10-6-8-14(16,17)9-7-10)11-4-2-3-5-12(11)15(18,19)20/h2-5,10,13,21H,6-9H2,1H3. The van der Waals surface area contributed by atoms with Crippen LogP contribution in [0, 0.1) is 5.92 Å². The van der Waals surface area contributed by atoms with Crippen molar-refractivity contribution in [3.8, 4) is 0 Å². The van der Waals surface area contributed by atoms with Gasteiger partial charge >= 0.3 is 6.18 Å². The summed E-state index contributed by atoms with van der Waals surface area (Å²) in [6, 6.07) is 4.80. The summed E-state index contributed by atoms with van der Waals surface area (Å²) in [5.74, 6) is -2.89. The van der Waals surface area contributed by atoms with Crippen molar-refractivity contribution < 1.29 is 22.0 Å². The van der Waals surface area contributed by atoms with Gasteiger partial charge in [0.1, 0.15) is 0 Å². The molecule has 1 aromatic carbocycles. The first-order valence-electron chi connectivity index (χ1n) is 6.96. The van der Waals surface area contributed by atoms with Crippen molar-refractivity contribution in [1.29, 1.82) is 0 Å². The van der Waals surface area contributed by atoms with Crippen molar-refractivity contribution in [2.45, 2.75) is 43.8 Å². The van der Waals surface area contributed by atoms with Gasteiger partial charge in [-0.3, -0.25) is 0 Å². The molecule has 1 nitrogen and oxygen atoms in total. The van der Waals surface area contributed by atoms with Crippen LogP contribution < -0.4 is 5.32 Å². The second-order valence-electron chi connectivity index (χ2n) is 5.54. The van der Waals surface area contributed by atoms with Crippen molar-refractivity contribution in [1.82, 2.24) is 5.32 Å². The Morgan fingerprint density at radius 2 is 1.71 bits per heavy atom. The van der Waals surface area contributed by atoms with Crippen LogP contribution in [0.2, 0.25) is 0 Å². The molecule has 1 aromatic rings. The average molecular weight is 307 g/mol. The van der Waals surface area contributed by atoms with E-state index in [0.717, 1.165) is 6.07 Å². The van der Waals surface area contributed by atoms with E-state index in [1.165, 1.54) is 12.1 Å². The van der Waals surface area contributed by atoms with Crippen LogP contribution in [0.1, 0.15) is 42.9 Å². The molecule has 1 N–H and O–H groups in total. The molecular formula is C15H18F5N. The Kier molecular flexibility index (Phi) is 4.56.